The summed E-state index contributed by atoms with van der Waals surface area (Å²) < 4.78 is 29.2. The van der Waals surface area contributed by atoms with Crippen molar-refractivity contribution < 1.29 is 33.1 Å². The minimum absolute atomic E-state index is 0.109. The lowest BCUT2D eigenvalue weighted by molar-refractivity contribution is -0.385. The van der Waals surface area contributed by atoms with E-state index in [4.69, 9.17) is 14.2 Å². The molecule has 11 heteroatoms. The van der Waals surface area contributed by atoms with E-state index in [0.29, 0.717) is 31.9 Å². The Morgan fingerprint density at radius 2 is 1.77 bits per heavy atom. The first-order valence-electron chi connectivity index (χ1n) is 9.46. The molecule has 4 rings (SSSR count). The summed E-state index contributed by atoms with van der Waals surface area (Å²) in [7, 11) is 0. The first-order valence-corrected chi connectivity index (χ1v) is 9.46. The fourth-order valence-electron chi connectivity index (χ4n) is 3.45. The molecule has 0 N–H and O–H groups in total. The first-order chi connectivity index (χ1) is 14.9. The largest absolute Gasteiger partial charge is 0.454 e. The van der Waals surface area contributed by atoms with Gasteiger partial charge in [-0.1, -0.05) is 12.1 Å². The molecule has 0 unspecified atom stereocenters. The zero-order valence-electron chi connectivity index (χ0n) is 16.3. The summed E-state index contributed by atoms with van der Waals surface area (Å²) in [6, 6.07) is 8.65. The fraction of sp³-hybridized carbons (Fsp3) is 0.300. The molecule has 0 aliphatic carbocycles. The van der Waals surface area contributed by atoms with Crippen molar-refractivity contribution >= 4 is 23.3 Å². The number of ether oxygens (including phenoxy) is 3. The molecular weight excluding hydrogens is 413 g/mol. The number of carbonyl (C=O) groups is 2. The Bertz CT molecular complexity index is 1040. The molecule has 2 aliphatic heterocycles. The molecule has 1 amide bonds. The second kappa shape index (κ2) is 8.46. The van der Waals surface area contributed by atoms with Crippen molar-refractivity contribution in [2.45, 2.75) is 0 Å². The number of amides is 1. The molecule has 31 heavy (non-hydrogen) atoms. The fourth-order valence-corrected chi connectivity index (χ4v) is 3.45. The predicted molar refractivity (Wildman–Crippen MR) is 105 cm³/mol. The maximum atomic E-state index is 13.9. The minimum Gasteiger partial charge on any atom is -0.454 e. The number of benzene rings is 2. The third kappa shape index (κ3) is 4.20. The highest BCUT2D eigenvalue weighted by Gasteiger charge is 2.29. The van der Waals surface area contributed by atoms with Crippen LogP contribution in [0.5, 0.6) is 11.5 Å². The van der Waals surface area contributed by atoms with E-state index < -0.39 is 29.1 Å². The van der Waals surface area contributed by atoms with Gasteiger partial charge >= 0.3 is 5.97 Å². The Kier molecular flexibility index (Phi) is 5.56. The zero-order valence-corrected chi connectivity index (χ0v) is 16.3. The summed E-state index contributed by atoms with van der Waals surface area (Å²) in [6.07, 6.45) is 0. The number of fused-ring (bicyclic) bond motifs is 1. The lowest BCUT2D eigenvalue weighted by Gasteiger charge is -2.36. The number of esters is 1. The van der Waals surface area contributed by atoms with Gasteiger partial charge in [0.15, 0.2) is 18.1 Å². The van der Waals surface area contributed by atoms with Crippen molar-refractivity contribution in [3.63, 3.8) is 0 Å². The van der Waals surface area contributed by atoms with Crippen molar-refractivity contribution in [1.29, 1.82) is 0 Å². The monoisotopic (exact) mass is 431 g/mol. The first kappa shape index (κ1) is 20.4. The van der Waals surface area contributed by atoms with E-state index in [0.717, 1.165) is 6.07 Å². The predicted octanol–water partition coefficient (Wildman–Crippen LogP) is 1.97. The molecule has 10 nitrogen and oxygen atoms in total. The molecule has 0 atom stereocenters. The highest BCUT2D eigenvalue weighted by atomic mass is 19.1. The van der Waals surface area contributed by atoms with Crippen molar-refractivity contribution in [2.75, 3.05) is 44.5 Å². The van der Waals surface area contributed by atoms with E-state index in [1.165, 1.54) is 17.0 Å². The Morgan fingerprint density at radius 1 is 1.10 bits per heavy atom. The molecule has 0 bridgehead atoms. The smallest absolute Gasteiger partial charge is 0.345 e. The van der Waals surface area contributed by atoms with Gasteiger partial charge in [0.05, 0.1) is 16.7 Å². The number of halogens is 1. The maximum Gasteiger partial charge on any atom is 0.345 e. The van der Waals surface area contributed by atoms with Gasteiger partial charge < -0.3 is 24.0 Å². The van der Waals surface area contributed by atoms with Crippen molar-refractivity contribution in [2.24, 2.45) is 0 Å². The third-order valence-electron chi connectivity index (χ3n) is 5.06. The third-order valence-corrected chi connectivity index (χ3v) is 5.06. The van der Waals surface area contributed by atoms with Gasteiger partial charge in [0.2, 0.25) is 6.79 Å². The summed E-state index contributed by atoms with van der Waals surface area (Å²) in [5.41, 5.74) is -0.359. The van der Waals surface area contributed by atoms with E-state index in [1.54, 1.807) is 18.2 Å². The van der Waals surface area contributed by atoms with Crippen LogP contribution >= 0.6 is 0 Å². The number of rotatable bonds is 5. The summed E-state index contributed by atoms with van der Waals surface area (Å²) >= 11 is 0. The van der Waals surface area contributed by atoms with Crippen LogP contribution in [-0.2, 0) is 9.53 Å². The topological polar surface area (TPSA) is 111 Å². The van der Waals surface area contributed by atoms with Crippen LogP contribution < -0.4 is 14.4 Å². The van der Waals surface area contributed by atoms with Crippen molar-refractivity contribution in [3.8, 4) is 11.5 Å². The number of anilines is 1. The zero-order chi connectivity index (χ0) is 22.0. The van der Waals surface area contributed by atoms with Gasteiger partial charge in [0.1, 0.15) is 11.4 Å². The van der Waals surface area contributed by atoms with E-state index in [1.807, 2.05) is 4.90 Å². The summed E-state index contributed by atoms with van der Waals surface area (Å²) in [6.45, 7) is 0.832. The molecule has 0 spiro atoms. The van der Waals surface area contributed by atoms with Gasteiger partial charge in [-0.15, -0.1) is 0 Å². The normalized spacial score (nSPS) is 15.0. The Labute approximate surface area is 175 Å². The minimum atomic E-state index is -1.01. The Balaban J connectivity index is 1.35. The molecule has 1 fully saturated rings. The molecular formula is C20H18FN3O7. The van der Waals surface area contributed by atoms with Crippen LogP contribution in [0.15, 0.2) is 36.4 Å². The van der Waals surface area contributed by atoms with Gasteiger partial charge in [-0.05, 0) is 12.1 Å². The maximum absolute atomic E-state index is 13.9. The lowest BCUT2D eigenvalue weighted by atomic mass is 10.1. The van der Waals surface area contributed by atoms with Crippen LogP contribution in [0.3, 0.4) is 0 Å². The molecule has 0 aromatic heterocycles. The highest BCUT2D eigenvalue weighted by molar-refractivity contribution is 5.96. The average molecular weight is 431 g/mol. The van der Waals surface area contributed by atoms with Gasteiger partial charge in [-0.25, -0.2) is 9.18 Å². The number of nitro groups is 1. The SMILES string of the molecule is O=C(OCC(=O)N1CCN(c2ccccc2F)CC1)c1cc2c(cc1[N+](=O)[O-])OCO2. The summed E-state index contributed by atoms with van der Waals surface area (Å²) in [4.78, 5) is 38.7. The van der Waals surface area contributed by atoms with Gasteiger partial charge in [-0.3, -0.25) is 14.9 Å². The standard InChI is InChI=1S/C20H18FN3O7/c21-14-3-1-2-4-15(14)22-5-7-23(8-6-22)19(25)11-29-20(26)13-9-17-18(31-12-30-17)10-16(13)24(27)28/h1-4,9-10H,5-8,11-12H2. The van der Waals surface area contributed by atoms with Crippen LogP contribution in [0.1, 0.15) is 10.4 Å². The van der Waals surface area contributed by atoms with E-state index in [-0.39, 0.29) is 29.7 Å². The van der Waals surface area contributed by atoms with Crippen LogP contribution in [-0.4, -0.2) is 61.3 Å². The van der Waals surface area contributed by atoms with E-state index in [9.17, 15) is 24.1 Å². The molecule has 2 aliphatic rings. The summed E-state index contributed by atoms with van der Waals surface area (Å²) in [5, 5.41) is 11.3. The second-order valence-corrected chi connectivity index (χ2v) is 6.88. The Hall–Kier alpha value is -3.89. The molecule has 2 aromatic rings. The van der Waals surface area contributed by atoms with E-state index >= 15 is 0 Å². The van der Waals surface area contributed by atoms with Crippen molar-refractivity contribution in [3.05, 3.63) is 57.9 Å². The molecule has 0 saturated carbocycles. The molecule has 2 aromatic carbocycles. The molecule has 2 heterocycles. The average Bonchev–Trinajstić information content (AvgIpc) is 3.24. The van der Waals surface area contributed by atoms with Gasteiger partial charge in [0, 0.05) is 32.2 Å². The number of nitro benzene ring substituents is 1. The number of piperazine rings is 1. The number of hydrogen-bond donors (Lipinski definition) is 0. The number of carbonyl (C=O) groups excluding carboxylic acids is 2. The van der Waals surface area contributed by atoms with Gasteiger partial charge in [-0.2, -0.15) is 0 Å². The van der Waals surface area contributed by atoms with Crippen LogP contribution in [0.2, 0.25) is 0 Å². The highest BCUT2D eigenvalue weighted by Crippen LogP contribution is 2.38. The van der Waals surface area contributed by atoms with Crippen LogP contribution in [0.25, 0.3) is 0 Å². The number of nitrogens with zero attached hydrogens (tertiary/aromatic N) is 3. The second-order valence-electron chi connectivity index (χ2n) is 6.88. The van der Waals surface area contributed by atoms with Crippen LogP contribution in [0.4, 0.5) is 15.8 Å². The van der Waals surface area contributed by atoms with Gasteiger partial charge in [0.25, 0.3) is 11.6 Å². The molecule has 1 saturated heterocycles. The number of hydrogen-bond acceptors (Lipinski definition) is 8. The summed E-state index contributed by atoms with van der Waals surface area (Å²) in [5.74, 6) is -1.44. The molecule has 0 radical (unpaired) electrons. The lowest BCUT2D eigenvalue weighted by Crippen LogP contribution is -2.50. The quantitative estimate of drug-likeness (QED) is 0.401. The van der Waals surface area contributed by atoms with E-state index in [2.05, 4.69) is 0 Å². The Morgan fingerprint density at radius 3 is 2.45 bits per heavy atom. The van der Waals surface area contributed by atoms with Crippen LogP contribution in [0, 0.1) is 15.9 Å². The number of para-hydroxylation sites is 1. The van der Waals surface area contributed by atoms with Crippen molar-refractivity contribution in [1.82, 2.24) is 4.90 Å². The molecule has 162 valence electrons.